The molecule has 6 heteroatoms. The van der Waals surface area contributed by atoms with E-state index in [0.29, 0.717) is 13.2 Å². The number of aromatic nitrogens is 2. The first-order valence-electron chi connectivity index (χ1n) is 5.92. The van der Waals surface area contributed by atoms with Gasteiger partial charge in [0.15, 0.2) is 0 Å². The van der Waals surface area contributed by atoms with E-state index in [-0.39, 0.29) is 0 Å². The summed E-state index contributed by atoms with van der Waals surface area (Å²) in [5.74, 6) is 1.05. The van der Waals surface area contributed by atoms with Gasteiger partial charge in [0.2, 0.25) is 0 Å². The monoisotopic (exact) mass is 238 g/mol. The van der Waals surface area contributed by atoms with Gasteiger partial charge in [-0.05, 0) is 0 Å². The molecule has 1 aromatic heterocycles. The topological polar surface area (TPSA) is 82.2 Å². The van der Waals surface area contributed by atoms with E-state index in [1.807, 2.05) is 0 Å². The van der Waals surface area contributed by atoms with Gasteiger partial charge in [0.1, 0.15) is 12.4 Å². The molecule has 3 N–H and O–H groups in total. The van der Waals surface area contributed by atoms with Gasteiger partial charge in [-0.25, -0.2) is 9.78 Å². The van der Waals surface area contributed by atoms with Crippen molar-refractivity contribution in [3.05, 3.63) is 17.2 Å². The maximum atomic E-state index is 10.5. The molecule has 1 aromatic rings. The average Bonchev–Trinajstić information content (AvgIpc) is 2.67. The number of carbonyl (C=O) groups excluding carboxylic acids is 1. The second-order valence-electron chi connectivity index (χ2n) is 4.02. The van der Waals surface area contributed by atoms with Gasteiger partial charge in [0, 0.05) is 31.6 Å². The first kappa shape index (κ1) is 11.9. The number of carbonyl (C=O) groups is 1. The molecule has 2 rings (SSSR count). The Labute approximate surface area is 100 Å². The zero-order chi connectivity index (χ0) is 12.3. The summed E-state index contributed by atoms with van der Waals surface area (Å²) in [4.78, 5) is 15.1. The predicted molar refractivity (Wildman–Crippen MR) is 62.6 cm³/mol. The molecule has 0 aromatic carbocycles. The van der Waals surface area contributed by atoms with Gasteiger partial charge in [0.05, 0.1) is 12.2 Å². The number of primary amides is 1. The van der Waals surface area contributed by atoms with Gasteiger partial charge in [-0.2, -0.15) is 0 Å². The molecule has 94 valence electrons. The van der Waals surface area contributed by atoms with Gasteiger partial charge in [-0.3, -0.25) is 0 Å². The fraction of sp³-hybridized carbons (Fsp3) is 0.636. The third-order valence-corrected chi connectivity index (χ3v) is 2.94. The fourth-order valence-electron chi connectivity index (χ4n) is 2.20. The van der Waals surface area contributed by atoms with Crippen molar-refractivity contribution in [2.75, 3.05) is 13.2 Å². The third kappa shape index (κ3) is 2.58. The van der Waals surface area contributed by atoms with Gasteiger partial charge in [0.25, 0.3) is 0 Å². The van der Waals surface area contributed by atoms with Crippen LogP contribution in [0, 0.1) is 0 Å². The molecule has 0 spiro atoms. The van der Waals surface area contributed by atoms with Gasteiger partial charge in [-0.1, -0.05) is 6.92 Å². The molecule has 0 bridgehead atoms. The number of imidazole rings is 1. The van der Waals surface area contributed by atoms with Gasteiger partial charge < -0.3 is 20.4 Å². The number of aryl methyl sites for hydroxylation is 1. The van der Waals surface area contributed by atoms with Crippen molar-refractivity contribution in [2.45, 2.75) is 32.9 Å². The molecule has 1 aliphatic heterocycles. The molecule has 1 aliphatic rings. The summed E-state index contributed by atoms with van der Waals surface area (Å²) in [6.07, 6.45) is 1.13. The van der Waals surface area contributed by atoms with Crippen LogP contribution in [-0.4, -0.2) is 28.8 Å². The molecule has 0 saturated heterocycles. The summed E-state index contributed by atoms with van der Waals surface area (Å²) in [5, 5.41) is 3.30. The van der Waals surface area contributed by atoms with E-state index in [2.05, 4.69) is 21.8 Å². The summed E-state index contributed by atoms with van der Waals surface area (Å²) < 4.78 is 6.93. The van der Waals surface area contributed by atoms with Gasteiger partial charge in [-0.15, -0.1) is 0 Å². The minimum atomic E-state index is -0.723. The summed E-state index contributed by atoms with van der Waals surface area (Å²) in [5.41, 5.74) is 7.32. The molecule has 0 radical (unpaired) electrons. The van der Waals surface area contributed by atoms with Crippen LogP contribution in [0.1, 0.15) is 24.1 Å². The largest absolute Gasteiger partial charge is 0.448 e. The summed E-state index contributed by atoms with van der Waals surface area (Å²) >= 11 is 0. The van der Waals surface area contributed by atoms with Crippen molar-refractivity contribution in [3.8, 4) is 0 Å². The normalized spacial score (nSPS) is 14.4. The SMILES string of the molecule is CCc1nc2c(n1CCOC(N)=O)CCNC2. The van der Waals surface area contributed by atoms with E-state index in [0.717, 1.165) is 37.4 Å². The van der Waals surface area contributed by atoms with E-state index in [4.69, 9.17) is 10.5 Å². The number of amides is 1. The van der Waals surface area contributed by atoms with Crippen molar-refractivity contribution >= 4 is 6.09 Å². The van der Waals surface area contributed by atoms with Crippen LogP contribution < -0.4 is 11.1 Å². The Bertz CT molecular complexity index is 414. The Morgan fingerprint density at radius 1 is 1.65 bits per heavy atom. The van der Waals surface area contributed by atoms with Crippen molar-refractivity contribution in [1.29, 1.82) is 0 Å². The van der Waals surface area contributed by atoms with Crippen LogP contribution in [0.2, 0.25) is 0 Å². The summed E-state index contributed by atoms with van der Waals surface area (Å²) in [6.45, 7) is 4.81. The lowest BCUT2D eigenvalue weighted by atomic mass is 10.2. The number of rotatable bonds is 4. The quantitative estimate of drug-likeness (QED) is 0.784. The zero-order valence-electron chi connectivity index (χ0n) is 10.0. The number of nitrogens with two attached hydrogens (primary N) is 1. The lowest BCUT2D eigenvalue weighted by Crippen LogP contribution is -2.26. The lowest BCUT2D eigenvalue weighted by Gasteiger charge is -2.15. The van der Waals surface area contributed by atoms with Crippen molar-refractivity contribution in [3.63, 3.8) is 0 Å². The fourth-order valence-corrected chi connectivity index (χ4v) is 2.20. The minimum Gasteiger partial charge on any atom is -0.448 e. The molecule has 6 nitrogen and oxygen atoms in total. The van der Waals surface area contributed by atoms with Crippen molar-refractivity contribution in [1.82, 2.24) is 14.9 Å². The van der Waals surface area contributed by atoms with Crippen LogP contribution in [0.4, 0.5) is 4.79 Å². The van der Waals surface area contributed by atoms with E-state index >= 15 is 0 Å². The molecule has 1 amide bonds. The van der Waals surface area contributed by atoms with Crippen LogP contribution in [0.5, 0.6) is 0 Å². The molecule has 17 heavy (non-hydrogen) atoms. The van der Waals surface area contributed by atoms with Crippen LogP contribution in [0.25, 0.3) is 0 Å². The van der Waals surface area contributed by atoms with E-state index in [1.54, 1.807) is 0 Å². The first-order valence-corrected chi connectivity index (χ1v) is 5.92. The average molecular weight is 238 g/mol. The molecule has 0 unspecified atom stereocenters. The molecule has 0 saturated carbocycles. The molecule has 0 atom stereocenters. The molecule has 2 heterocycles. The number of nitrogens with zero attached hydrogens (tertiary/aromatic N) is 2. The Morgan fingerprint density at radius 3 is 3.18 bits per heavy atom. The first-order chi connectivity index (χ1) is 8.22. The molecular weight excluding hydrogens is 220 g/mol. The second-order valence-corrected chi connectivity index (χ2v) is 4.02. The van der Waals surface area contributed by atoms with Crippen molar-refractivity contribution < 1.29 is 9.53 Å². The van der Waals surface area contributed by atoms with E-state index in [1.165, 1.54) is 5.69 Å². The highest BCUT2D eigenvalue weighted by atomic mass is 16.5. The Balaban J connectivity index is 2.13. The maximum Gasteiger partial charge on any atom is 0.404 e. The maximum absolute atomic E-state index is 10.5. The standard InChI is InChI=1S/C11H18N4O2/c1-2-10-14-8-7-13-4-3-9(8)15(10)5-6-17-11(12)16/h13H,2-7H2,1H3,(H2,12,16). The van der Waals surface area contributed by atoms with E-state index < -0.39 is 6.09 Å². The number of fused-ring (bicyclic) bond motifs is 1. The predicted octanol–water partition coefficient (Wildman–Crippen LogP) is 0.186. The third-order valence-electron chi connectivity index (χ3n) is 2.94. The lowest BCUT2D eigenvalue weighted by molar-refractivity contribution is 0.151. The van der Waals surface area contributed by atoms with Crippen LogP contribution in [0.3, 0.4) is 0 Å². The number of nitrogens with one attached hydrogen (secondary N) is 1. The minimum absolute atomic E-state index is 0.304. The smallest absolute Gasteiger partial charge is 0.404 e. The Hall–Kier alpha value is -1.56. The van der Waals surface area contributed by atoms with Crippen LogP contribution >= 0.6 is 0 Å². The molecular formula is C11H18N4O2. The molecule has 0 aliphatic carbocycles. The molecule has 0 fully saturated rings. The number of hydrogen-bond acceptors (Lipinski definition) is 4. The van der Waals surface area contributed by atoms with Crippen LogP contribution in [0.15, 0.2) is 0 Å². The second kappa shape index (κ2) is 5.18. The Morgan fingerprint density at radius 2 is 2.47 bits per heavy atom. The highest BCUT2D eigenvalue weighted by Gasteiger charge is 2.18. The number of hydrogen-bond donors (Lipinski definition) is 2. The zero-order valence-corrected chi connectivity index (χ0v) is 10.0. The number of ether oxygens (including phenoxy) is 1. The highest BCUT2D eigenvalue weighted by molar-refractivity contribution is 5.64. The van der Waals surface area contributed by atoms with Crippen molar-refractivity contribution in [2.24, 2.45) is 5.73 Å². The van der Waals surface area contributed by atoms with Crippen LogP contribution in [-0.2, 0) is 30.7 Å². The summed E-state index contributed by atoms with van der Waals surface area (Å²) in [6, 6.07) is 0. The van der Waals surface area contributed by atoms with Gasteiger partial charge >= 0.3 is 6.09 Å². The summed E-state index contributed by atoms with van der Waals surface area (Å²) in [7, 11) is 0. The van der Waals surface area contributed by atoms with E-state index in [9.17, 15) is 4.79 Å². The highest BCUT2D eigenvalue weighted by Crippen LogP contribution is 2.16. The Kier molecular flexibility index (Phi) is 3.63.